The van der Waals surface area contributed by atoms with Gasteiger partial charge < -0.3 is 20.7 Å². The van der Waals surface area contributed by atoms with Crippen molar-refractivity contribution in [3.8, 4) is 0 Å². The van der Waals surface area contributed by atoms with E-state index in [9.17, 15) is 18.8 Å². The van der Waals surface area contributed by atoms with Crippen LogP contribution in [0.1, 0.15) is 24.8 Å². The van der Waals surface area contributed by atoms with E-state index in [0.29, 0.717) is 30.8 Å². The van der Waals surface area contributed by atoms with Crippen LogP contribution in [0.15, 0.2) is 18.2 Å². The van der Waals surface area contributed by atoms with Crippen molar-refractivity contribution in [2.75, 3.05) is 31.1 Å². The number of fused-ring (bicyclic) bond motifs is 1. The van der Waals surface area contributed by atoms with E-state index in [1.54, 1.807) is 24.0 Å². The van der Waals surface area contributed by atoms with Crippen LogP contribution in [0, 0.1) is 17.7 Å². The summed E-state index contributed by atoms with van der Waals surface area (Å²) in [5.41, 5.74) is 6.34. The Morgan fingerprint density at radius 3 is 2.61 bits per heavy atom. The molecule has 2 heterocycles. The Morgan fingerprint density at radius 1 is 1.29 bits per heavy atom. The molecule has 1 saturated carbocycles. The first-order chi connectivity index (χ1) is 13.4. The van der Waals surface area contributed by atoms with Crippen molar-refractivity contribution in [1.82, 2.24) is 10.2 Å². The highest BCUT2D eigenvalue weighted by molar-refractivity contribution is 5.90. The monoisotopic (exact) mass is 390 g/mol. The predicted octanol–water partition coefficient (Wildman–Crippen LogP) is 1.40. The topological polar surface area (TPSA) is 105 Å². The Kier molecular flexibility index (Phi) is 4.60. The Hall–Kier alpha value is -2.84. The number of halogens is 1. The fraction of sp³-hybridized carbons (Fsp3) is 0.526. The van der Waals surface area contributed by atoms with Gasteiger partial charge >= 0.3 is 12.1 Å². The molecular weight excluding hydrogens is 367 g/mol. The molecule has 2 unspecified atom stereocenters. The van der Waals surface area contributed by atoms with E-state index in [2.05, 4.69) is 5.32 Å². The van der Waals surface area contributed by atoms with E-state index in [-0.39, 0.29) is 42.6 Å². The van der Waals surface area contributed by atoms with E-state index >= 15 is 0 Å². The Labute approximate surface area is 161 Å². The van der Waals surface area contributed by atoms with Crippen molar-refractivity contribution < 1.29 is 23.5 Å². The number of piperidine rings is 1. The van der Waals surface area contributed by atoms with Gasteiger partial charge in [0.1, 0.15) is 11.9 Å². The van der Waals surface area contributed by atoms with Crippen LogP contribution in [0.25, 0.3) is 0 Å². The number of likely N-dealkylation sites (tertiary alicyclic amines) is 1. The Balaban J connectivity index is 1.40. The number of nitrogens with two attached hydrogens (primary N) is 1. The molecule has 3 atom stereocenters. The van der Waals surface area contributed by atoms with E-state index in [0.717, 1.165) is 0 Å². The van der Waals surface area contributed by atoms with Crippen LogP contribution in [-0.4, -0.2) is 55.2 Å². The van der Waals surface area contributed by atoms with Gasteiger partial charge in [-0.05, 0) is 35.4 Å². The molecule has 150 valence electrons. The van der Waals surface area contributed by atoms with Crippen LogP contribution >= 0.6 is 0 Å². The molecule has 1 aromatic rings. The maximum absolute atomic E-state index is 14.7. The van der Waals surface area contributed by atoms with Crippen molar-refractivity contribution >= 4 is 23.7 Å². The third-order valence-corrected chi connectivity index (χ3v) is 5.88. The molecule has 3 fully saturated rings. The van der Waals surface area contributed by atoms with Crippen molar-refractivity contribution in [3.63, 3.8) is 0 Å². The van der Waals surface area contributed by atoms with E-state index < -0.39 is 18.2 Å². The summed E-state index contributed by atoms with van der Waals surface area (Å²) in [6.07, 6.45) is -0.658. The highest BCUT2D eigenvalue weighted by Gasteiger charge is 2.57. The molecule has 0 bridgehead atoms. The minimum atomic E-state index is -0.553. The SMILES string of the molecule is CCC(=O)NC[C@H]1CN(c2ccc(C3C4CN(C(N)=O)CC43)c(F)c2)C(=O)O1. The normalized spacial score (nSPS) is 28.1. The molecule has 3 N–H and O–H groups in total. The molecule has 8 nitrogen and oxygen atoms in total. The summed E-state index contributed by atoms with van der Waals surface area (Å²) in [6.45, 7) is 3.36. The molecule has 1 aliphatic carbocycles. The molecule has 2 aliphatic heterocycles. The average molecular weight is 390 g/mol. The number of nitrogens with zero attached hydrogens (tertiary/aromatic N) is 2. The number of nitrogens with one attached hydrogen (secondary N) is 1. The number of urea groups is 1. The quantitative estimate of drug-likeness (QED) is 0.793. The zero-order valence-electron chi connectivity index (χ0n) is 15.6. The molecule has 4 amide bonds. The smallest absolute Gasteiger partial charge is 0.414 e. The second-order valence-corrected chi connectivity index (χ2v) is 7.58. The van der Waals surface area contributed by atoms with Crippen LogP contribution in [0.3, 0.4) is 0 Å². The van der Waals surface area contributed by atoms with Crippen molar-refractivity contribution in [3.05, 3.63) is 29.6 Å². The van der Waals surface area contributed by atoms with Gasteiger partial charge in [-0.2, -0.15) is 0 Å². The maximum atomic E-state index is 14.7. The molecule has 3 aliphatic rings. The Bertz CT molecular complexity index is 820. The van der Waals surface area contributed by atoms with Gasteiger partial charge in [0, 0.05) is 19.5 Å². The first-order valence-corrected chi connectivity index (χ1v) is 9.47. The first kappa shape index (κ1) is 18.5. The fourth-order valence-electron chi connectivity index (χ4n) is 4.31. The van der Waals surface area contributed by atoms with Crippen LogP contribution in [0.4, 0.5) is 19.7 Å². The lowest BCUT2D eigenvalue weighted by molar-refractivity contribution is -0.121. The number of hydrogen-bond donors (Lipinski definition) is 2. The largest absolute Gasteiger partial charge is 0.442 e. The lowest BCUT2D eigenvalue weighted by Gasteiger charge is -2.18. The molecule has 9 heteroatoms. The van der Waals surface area contributed by atoms with Crippen molar-refractivity contribution in [2.24, 2.45) is 17.6 Å². The summed E-state index contributed by atoms with van der Waals surface area (Å²) in [4.78, 5) is 37.7. The predicted molar refractivity (Wildman–Crippen MR) is 98.2 cm³/mol. The van der Waals surface area contributed by atoms with Gasteiger partial charge in [0.15, 0.2) is 0 Å². The molecule has 0 radical (unpaired) electrons. The summed E-state index contributed by atoms with van der Waals surface area (Å²) in [6, 6.07) is 4.34. The summed E-state index contributed by atoms with van der Waals surface area (Å²) < 4.78 is 20.0. The number of benzene rings is 1. The van der Waals surface area contributed by atoms with Gasteiger partial charge in [0.25, 0.3) is 0 Å². The molecule has 4 rings (SSSR count). The fourth-order valence-corrected chi connectivity index (χ4v) is 4.31. The number of cyclic esters (lactones) is 1. The minimum absolute atomic E-state index is 0.0900. The Morgan fingerprint density at radius 2 is 2.00 bits per heavy atom. The second-order valence-electron chi connectivity index (χ2n) is 7.58. The summed E-state index contributed by atoms with van der Waals surface area (Å²) in [5, 5.41) is 2.69. The number of carbonyl (C=O) groups is 3. The van der Waals surface area contributed by atoms with Gasteiger partial charge in [0.05, 0.1) is 18.8 Å². The third kappa shape index (κ3) is 3.25. The first-order valence-electron chi connectivity index (χ1n) is 9.47. The van der Waals surface area contributed by atoms with Crippen LogP contribution in [0.2, 0.25) is 0 Å². The number of hydrogen-bond acceptors (Lipinski definition) is 4. The lowest BCUT2D eigenvalue weighted by Crippen LogP contribution is -2.35. The van der Waals surface area contributed by atoms with E-state index in [1.165, 1.54) is 11.0 Å². The highest BCUT2D eigenvalue weighted by Crippen LogP contribution is 2.58. The van der Waals surface area contributed by atoms with Crippen molar-refractivity contribution in [1.29, 1.82) is 0 Å². The minimum Gasteiger partial charge on any atom is -0.442 e. The van der Waals surface area contributed by atoms with E-state index in [1.807, 2.05) is 0 Å². The summed E-state index contributed by atoms with van der Waals surface area (Å²) in [7, 11) is 0. The molecular formula is C19H23FN4O4. The van der Waals surface area contributed by atoms with Gasteiger partial charge in [-0.25, -0.2) is 14.0 Å². The summed E-state index contributed by atoms with van der Waals surface area (Å²) >= 11 is 0. The number of ether oxygens (including phenoxy) is 1. The second kappa shape index (κ2) is 6.96. The van der Waals surface area contributed by atoms with Crippen molar-refractivity contribution in [2.45, 2.75) is 25.4 Å². The molecule has 0 spiro atoms. The third-order valence-electron chi connectivity index (χ3n) is 5.88. The standard InChI is InChI=1S/C19H23FN4O4/c1-2-16(25)22-6-11-7-24(19(27)28-11)10-3-4-12(15(20)5-10)17-13-8-23(18(21)26)9-14(13)17/h3-5,11,13-14,17H,2,6-9H2,1H3,(H2,21,26)(H,22,25)/t11-,13?,14?,17?/m0/s1. The van der Waals surface area contributed by atoms with Gasteiger partial charge in [0.2, 0.25) is 5.91 Å². The molecule has 0 aromatic heterocycles. The molecule has 1 aromatic carbocycles. The molecule has 2 saturated heterocycles. The zero-order chi connectivity index (χ0) is 20.0. The summed E-state index contributed by atoms with van der Waals surface area (Å²) in [5.74, 6) is 0.104. The number of rotatable bonds is 5. The number of carbonyl (C=O) groups excluding carboxylic acids is 3. The van der Waals surface area contributed by atoms with Gasteiger partial charge in [-0.15, -0.1) is 0 Å². The molecule has 28 heavy (non-hydrogen) atoms. The average Bonchev–Trinajstić information content (AvgIpc) is 3.00. The zero-order valence-corrected chi connectivity index (χ0v) is 15.6. The number of anilines is 1. The van der Waals surface area contributed by atoms with Crippen LogP contribution < -0.4 is 16.0 Å². The van der Waals surface area contributed by atoms with Gasteiger partial charge in [-0.1, -0.05) is 13.0 Å². The highest BCUT2D eigenvalue weighted by atomic mass is 19.1. The van der Waals surface area contributed by atoms with Crippen LogP contribution in [-0.2, 0) is 9.53 Å². The van der Waals surface area contributed by atoms with Gasteiger partial charge in [-0.3, -0.25) is 9.69 Å². The number of amides is 4. The van der Waals surface area contributed by atoms with E-state index in [4.69, 9.17) is 10.5 Å². The van der Waals surface area contributed by atoms with Crippen LogP contribution in [0.5, 0.6) is 0 Å². The maximum Gasteiger partial charge on any atom is 0.414 e. The number of primary amides is 1. The lowest BCUT2D eigenvalue weighted by atomic mass is 10.1.